The summed E-state index contributed by atoms with van der Waals surface area (Å²) in [6, 6.07) is 8.09. The zero-order valence-corrected chi connectivity index (χ0v) is 12.0. The number of aromatic nitrogens is 2. The maximum Gasteiger partial charge on any atom is 0.127 e. The third kappa shape index (κ3) is 2.93. The highest BCUT2D eigenvalue weighted by Crippen LogP contribution is 2.32. The third-order valence-electron chi connectivity index (χ3n) is 3.07. The number of nitrogens with one attached hydrogen (secondary N) is 1. The molecular formula is C14H14BrN3O. The van der Waals surface area contributed by atoms with Gasteiger partial charge >= 0.3 is 0 Å². The van der Waals surface area contributed by atoms with Gasteiger partial charge in [-0.3, -0.25) is 0 Å². The van der Waals surface area contributed by atoms with Crippen LogP contribution >= 0.6 is 15.9 Å². The van der Waals surface area contributed by atoms with Crippen LogP contribution < -0.4 is 10.1 Å². The Kier molecular flexibility index (Phi) is 3.75. The van der Waals surface area contributed by atoms with Gasteiger partial charge in [0.15, 0.2) is 0 Å². The fraction of sp³-hybridized carbons (Fsp3) is 0.286. The Balaban J connectivity index is 1.67. The lowest BCUT2D eigenvalue weighted by Crippen LogP contribution is -2.14. The first kappa shape index (κ1) is 12.6. The van der Waals surface area contributed by atoms with Crippen molar-refractivity contribution in [2.45, 2.75) is 19.5 Å². The molecule has 2 aromatic rings. The molecule has 19 heavy (non-hydrogen) atoms. The highest BCUT2D eigenvalue weighted by molar-refractivity contribution is 9.10. The molecule has 0 bridgehead atoms. The number of halogens is 1. The molecule has 1 aliphatic heterocycles. The van der Waals surface area contributed by atoms with Crippen LogP contribution in [0, 0.1) is 0 Å². The second-order valence-electron chi connectivity index (χ2n) is 4.47. The standard InChI is InChI=1S/C14H14BrN3O/c15-12-6-10-3-5-19-14(10)11(7-12)8-16-9-13-2-1-4-17-18-13/h1-2,4,6-7,16H,3,5,8-9H2. The molecule has 0 saturated carbocycles. The van der Waals surface area contributed by atoms with Crippen molar-refractivity contribution < 1.29 is 4.74 Å². The lowest BCUT2D eigenvalue weighted by atomic mass is 10.1. The lowest BCUT2D eigenvalue weighted by Gasteiger charge is -2.10. The topological polar surface area (TPSA) is 47.0 Å². The molecule has 1 aliphatic rings. The van der Waals surface area contributed by atoms with Gasteiger partial charge in [0.25, 0.3) is 0 Å². The predicted molar refractivity (Wildman–Crippen MR) is 75.9 cm³/mol. The quantitative estimate of drug-likeness (QED) is 0.940. The molecule has 0 saturated heterocycles. The normalized spacial score (nSPS) is 13.1. The fourth-order valence-electron chi connectivity index (χ4n) is 2.23. The van der Waals surface area contributed by atoms with Crippen LogP contribution in [0.3, 0.4) is 0 Å². The fourth-order valence-corrected chi connectivity index (χ4v) is 2.78. The van der Waals surface area contributed by atoms with Crippen molar-refractivity contribution in [2.24, 2.45) is 0 Å². The minimum atomic E-state index is 0.703. The highest BCUT2D eigenvalue weighted by Gasteiger charge is 2.17. The van der Waals surface area contributed by atoms with Gasteiger partial charge < -0.3 is 10.1 Å². The number of benzene rings is 1. The van der Waals surface area contributed by atoms with Gasteiger partial charge in [-0.1, -0.05) is 15.9 Å². The van der Waals surface area contributed by atoms with Crippen molar-refractivity contribution >= 4 is 15.9 Å². The van der Waals surface area contributed by atoms with Crippen molar-refractivity contribution in [2.75, 3.05) is 6.61 Å². The lowest BCUT2D eigenvalue weighted by molar-refractivity contribution is 0.352. The van der Waals surface area contributed by atoms with Gasteiger partial charge in [-0.15, -0.1) is 0 Å². The molecule has 0 amide bonds. The second kappa shape index (κ2) is 5.67. The Morgan fingerprint density at radius 1 is 1.32 bits per heavy atom. The van der Waals surface area contributed by atoms with E-state index in [2.05, 4.69) is 43.6 Å². The van der Waals surface area contributed by atoms with Crippen LogP contribution in [-0.2, 0) is 19.5 Å². The van der Waals surface area contributed by atoms with Gasteiger partial charge in [0.1, 0.15) is 5.75 Å². The smallest absolute Gasteiger partial charge is 0.127 e. The van der Waals surface area contributed by atoms with E-state index in [1.165, 1.54) is 11.1 Å². The summed E-state index contributed by atoms with van der Waals surface area (Å²) in [5, 5.41) is 11.3. The maximum atomic E-state index is 5.70. The molecule has 1 aromatic carbocycles. The van der Waals surface area contributed by atoms with Crippen LogP contribution in [0.5, 0.6) is 5.75 Å². The van der Waals surface area contributed by atoms with E-state index in [1.807, 2.05) is 12.1 Å². The number of rotatable bonds is 4. The number of hydrogen-bond donors (Lipinski definition) is 1. The van der Waals surface area contributed by atoms with E-state index in [0.717, 1.165) is 35.5 Å². The summed E-state index contributed by atoms with van der Waals surface area (Å²) < 4.78 is 6.80. The molecule has 0 radical (unpaired) electrons. The summed E-state index contributed by atoms with van der Waals surface area (Å²) in [5.41, 5.74) is 3.41. The zero-order chi connectivity index (χ0) is 13.1. The van der Waals surface area contributed by atoms with E-state index >= 15 is 0 Å². The van der Waals surface area contributed by atoms with E-state index in [-0.39, 0.29) is 0 Å². The Morgan fingerprint density at radius 3 is 3.11 bits per heavy atom. The van der Waals surface area contributed by atoms with Crippen LogP contribution in [0.1, 0.15) is 16.8 Å². The zero-order valence-electron chi connectivity index (χ0n) is 10.4. The molecule has 0 unspecified atom stereocenters. The Morgan fingerprint density at radius 2 is 2.26 bits per heavy atom. The van der Waals surface area contributed by atoms with Gasteiger partial charge in [0, 0.05) is 35.7 Å². The molecular weight excluding hydrogens is 306 g/mol. The first-order chi connectivity index (χ1) is 9.33. The molecule has 1 aromatic heterocycles. The number of fused-ring (bicyclic) bond motifs is 1. The monoisotopic (exact) mass is 319 g/mol. The number of hydrogen-bond acceptors (Lipinski definition) is 4. The molecule has 0 fully saturated rings. The molecule has 3 rings (SSSR count). The van der Waals surface area contributed by atoms with Crippen LogP contribution in [0.4, 0.5) is 0 Å². The minimum Gasteiger partial charge on any atom is -0.493 e. The van der Waals surface area contributed by atoms with Crippen molar-refractivity contribution in [3.63, 3.8) is 0 Å². The number of ether oxygens (including phenoxy) is 1. The van der Waals surface area contributed by atoms with Gasteiger partial charge in [-0.25, -0.2) is 0 Å². The predicted octanol–water partition coefficient (Wildman–Crippen LogP) is 2.46. The summed E-state index contributed by atoms with van der Waals surface area (Å²) in [7, 11) is 0. The van der Waals surface area contributed by atoms with Crippen LogP contribution in [-0.4, -0.2) is 16.8 Å². The molecule has 4 nitrogen and oxygen atoms in total. The summed E-state index contributed by atoms with van der Waals surface area (Å²) >= 11 is 3.55. The van der Waals surface area contributed by atoms with Crippen LogP contribution in [0.2, 0.25) is 0 Å². The van der Waals surface area contributed by atoms with E-state index in [1.54, 1.807) is 6.20 Å². The molecule has 5 heteroatoms. The summed E-state index contributed by atoms with van der Waals surface area (Å²) in [4.78, 5) is 0. The van der Waals surface area contributed by atoms with E-state index in [9.17, 15) is 0 Å². The summed E-state index contributed by atoms with van der Waals surface area (Å²) in [6.45, 7) is 2.25. The van der Waals surface area contributed by atoms with Crippen LogP contribution in [0.25, 0.3) is 0 Å². The second-order valence-corrected chi connectivity index (χ2v) is 5.39. The molecule has 98 valence electrons. The first-order valence-electron chi connectivity index (χ1n) is 6.24. The Labute approximate surface area is 120 Å². The van der Waals surface area contributed by atoms with E-state index in [0.29, 0.717) is 6.54 Å². The van der Waals surface area contributed by atoms with Gasteiger partial charge in [0.05, 0.1) is 12.3 Å². The third-order valence-corrected chi connectivity index (χ3v) is 3.53. The van der Waals surface area contributed by atoms with Crippen molar-refractivity contribution in [3.05, 3.63) is 51.8 Å². The minimum absolute atomic E-state index is 0.703. The van der Waals surface area contributed by atoms with Crippen LogP contribution in [0.15, 0.2) is 34.9 Å². The van der Waals surface area contributed by atoms with Gasteiger partial charge in [0.2, 0.25) is 0 Å². The molecule has 0 spiro atoms. The number of nitrogens with zero attached hydrogens (tertiary/aromatic N) is 2. The molecule has 0 aliphatic carbocycles. The van der Waals surface area contributed by atoms with Gasteiger partial charge in [-0.2, -0.15) is 10.2 Å². The average Bonchev–Trinajstić information content (AvgIpc) is 2.88. The van der Waals surface area contributed by atoms with Crippen molar-refractivity contribution in [1.29, 1.82) is 0 Å². The summed E-state index contributed by atoms with van der Waals surface area (Å²) in [5.74, 6) is 1.04. The van der Waals surface area contributed by atoms with Gasteiger partial charge in [-0.05, 0) is 29.8 Å². The Hall–Kier alpha value is -1.46. The SMILES string of the molecule is Brc1cc2c(c(CNCc3cccnn3)c1)OCC2. The maximum absolute atomic E-state index is 5.70. The van der Waals surface area contributed by atoms with E-state index < -0.39 is 0 Å². The average molecular weight is 320 g/mol. The first-order valence-corrected chi connectivity index (χ1v) is 7.03. The molecule has 0 atom stereocenters. The highest BCUT2D eigenvalue weighted by atomic mass is 79.9. The largest absolute Gasteiger partial charge is 0.493 e. The molecule has 1 N–H and O–H groups in total. The Bertz CT molecular complexity index is 574. The van der Waals surface area contributed by atoms with Crippen molar-refractivity contribution in [1.82, 2.24) is 15.5 Å². The van der Waals surface area contributed by atoms with Crippen molar-refractivity contribution in [3.8, 4) is 5.75 Å². The molecule has 2 heterocycles. The van der Waals surface area contributed by atoms with E-state index in [4.69, 9.17) is 4.74 Å². The summed E-state index contributed by atoms with van der Waals surface area (Å²) in [6.07, 6.45) is 2.67.